The Morgan fingerprint density at radius 1 is 1.10 bits per heavy atom. The monoisotopic (exact) mass is 282 g/mol. The molecule has 0 heterocycles. The van der Waals surface area contributed by atoms with Gasteiger partial charge in [0.1, 0.15) is 0 Å². The molecule has 2 aromatic rings. The van der Waals surface area contributed by atoms with Crippen LogP contribution in [0.3, 0.4) is 0 Å². The molecule has 0 aromatic heterocycles. The summed E-state index contributed by atoms with van der Waals surface area (Å²) in [7, 11) is 0. The molecule has 0 aliphatic rings. The van der Waals surface area contributed by atoms with E-state index in [1.165, 1.54) is 5.56 Å². The molecule has 0 aliphatic heterocycles. The van der Waals surface area contributed by atoms with Crippen molar-refractivity contribution in [3.05, 3.63) is 65.2 Å². The van der Waals surface area contributed by atoms with Gasteiger partial charge >= 0.3 is 0 Å². The van der Waals surface area contributed by atoms with E-state index in [2.05, 4.69) is 29.7 Å². The summed E-state index contributed by atoms with van der Waals surface area (Å²) in [6, 6.07) is 15.7. The molecule has 0 bridgehead atoms. The Bertz CT molecular complexity index is 622. The molecule has 2 rings (SSSR count). The molecule has 0 saturated carbocycles. The Balaban J connectivity index is 2.17. The predicted molar refractivity (Wildman–Crippen MR) is 87.7 cm³/mol. The number of amides is 1. The van der Waals surface area contributed by atoms with Crippen molar-refractivity contribution in [3.8, 4) is 0 Å². The van der Waals surface area contributed by atoms with Crippen molar-refractivity contribution in [1.29, 1.82) is 0 Å². The van der Waals surface area contributed by atoms with Crippen molar-refractivity contribution < 1.29 is 4.79 Å². The highest BCUT2D eigenvalue weighted by Crippen LogP contribution is 2.19. The van der Waals surface area contributed by atoms with Crippen LogP contribution in [0, 0.1) is 6.92 Å². The average molecular weight is 282 g/mol. The Morgan fingerprint density at radius 2 is 1.76 bits per heavy atom. The normalized spacial score (nSPS) is 11.8. The van der Waals surface area contributed by atoms with Crippen LogP contribution in [0.5, 0.6) is 0 Å². The first kappa shape index (κ1) is 15.1. The van der Waals surface area contributed by atoms with Gasteiger partial charge in [-0.25, -0.2) is 0 Å². The lowest BCUT2D eigenvalue weighted by Gasteiger charge is -2.18. The molecule has 0 fully saturated rings. The van der Waals surface area contributed by atoms with Crippen LogP contribution < -0.4 is 10.6 Å². The fraction of sp³-hybridized carbons (Fsp3) is 0.278. The summed E-state index contributed by atoms with van der Waals surface area (Å²) in [5, 5.41) is 6.29. The first-order chi connectivity index (χ1) is 10.1. The van der Waals surface area contributed by atoms with Gasteiger partial charge in [0.15, 0.2) is 0 Å². The maximum absolute atomic E-state index is 12.5. The smallest absolute Gasteiger partial charge is 0.253 e. The van der Waals surface area contributed by atoms with E-state index in [1.54, 1.807) is 0 Å². The number of carbonyl (C=O) groups is 1. The minimum Gasteiger partial charge on any atom is -0.385 e. The fourth-order valence-corrected chi connectivity index (χ4v) is 2.45. The van der Waals surface area contributed by atoms with Crippen LogP contribution in [-0.4, -0.2) is 12.5 Å². The number of aryl methyl sites for hydroxylation is 1. The molecular weight excluding hydrogens is 260 g/mol. The van der Waals surface area contributed by atoms with Crippen molar-refractivity contribution in [3.63, 3.8) is 0 Å². The van der Waals surface area contributed by atoms with E-state index in [1.807, 2.05) is 50.2 Å². The molecule has 3 heteroatoms. The van der Waals surface area contributed by atoms with Gasteiger partial charge in [0, 0.05) is 12.2 Å². The quantitative estimate of drug-likeness (QED) is 0.872. The van der Waals surface area contributed by atoms with Gasteiger partial charge in [-0.3, -0.25) is 4.79 Å². The second-order valence-electron chi connectivity index (χ2n) is 5.13. The Morgan fingerprint density at radius 3 is 2.48 bits per heavy atom. The third kappa shape index (κ3) is 3.63. The number of nitrogens with one attached hydrogen (secondary N) is 2. The summed E-state index contributed by atoms with van der Waals surface area (Å²) >= 11 is 0. The van der Waals surface area contributed by atoms with E-state index in [0.717, 1.165) is 17.8 Å². The number of anilines is 1. The number of benzene rings is 2. The zero-order chi connectivity index (χ0) is 15.2. The first-order valence-electron chi connectivity index (χ1n) is 7.32. The molecule has 0 radical (unpaired) electrons. The van der Waals surface area contributed by atoms with Crippen molar-refractivity contribution in [1.82, 2.24) is 5.32 Å². The van der Waals surface area contributed by atoms with Gasteiger partial charge in [0.05, 0.1) is 11.6 Å². The number of hydrogen-bond donors (Lipinski definition) is 2. The molecule has 0 aliphatic carbocycles. The summed E-state index contributed by atoms with van der Waals surface area (Å²) in [5.74, 6) is -0.0534. The highest BCUT2D eigenvalue weighted by atomic mass is 16.1. The van der Waals surface area contributed by atoms with Crippen LogP contribution in [0.25, 0.3) is 0 Å². The van der Waals surface area contributed by atoms with Gasteiger partial charge in [-0.2, -0.15) is 0 Å². The van der Waals surface area contributed by atoms with Crippen LogP contribution in [0.1, 0.15) is 41.4 Å². The van der Waals surface area contributed by atoms with E-state index in [4.69, 9.17) is 0 Å². The van der Waals surface area contributed by atoms with E-state index < -0.39 is 0 Å². The fourth-order valence-electron chi connectivity index (χ4n) is 2.45. The molecular formula is C18H22N2O. The molecule has 21 heavy (non-hydrogen) atoms. The Labute approximate surface area is 126 Å². The minimum absolute atomic E-state index is 0.0200. The molecule has 110 valence electrons. The summed E-state index contributed by atoms with van der Waals surface area (Å²) in [6.07, 6.45) is 0. The molecule has 1 amide bonds. The number of hydrogen-bond acceptors (Lipinski definition) is 2. The summed E-state index contributed by atoms with van der Waals surface area (Å²) in [6.45, 7) is 6.88. The van der Waals surface area contributed by atoms with E-state index >= 15 is 0 Å². The van der Waals surface area contributed by atoms with Gasteiger partial charge < -0.3 is 10.6 Å². The lowest BCUT2D eigenvalue weighted by Crippen LogP contribution is -2.27. The summed E-state index contributed by atoms with van der Waals surface area (Å²) < 4.78 is 0. The molecule has 1 unspecified atom stereocenters. The van der Waals surface area contributed by atoms with Crippen LogP contribution in [0.2, 0.25) is 0 Å². The standard InChI is InChI=1S/C18H22N2O/c1-4-19-17-12-8-7-11-16(17)18(21)20-14(3)15-10-6-5-9-13(15)2/h5-12,14,19H,4H2,1-3H3,(H,20,21). The van der Waals surface area contributed by atoms with Crippen molar-refractivity contribution >= 4 is 11.6 Å². The first-order valence-corrected chi connectivity index (χ1v) is 7.32. The van der Waals surface area contributed by atoms with Gasteiger partial charge in [-0.15, -0.1) is 0 Å². The summed E-state index contributed by atoms with van der Waals surface area (Å²) in [4.78, 5) is 12.5. The maximum Gasteiger partial charge on any atom is 0.253 e. The van der Waals surface area contributed by atoms with Crippen LogP contribution >= 0.6 is 0 Å². The van der Waals surface area contributed by atoms with Crippen molar-refractivity contribution in [2.45, 2.75) is 26.8 Å². The number of rotatable bonds is 5. The highest BCUT2D eigenvalue weighted by Gasteiger charge is 2.15. The Hall–Kier alpha value is -2.29. The van der Waals surface area contributed by atoms with Crippen LogP contribution in [-0.2, 0) is 0 Å². The second kappa shape index (κ2) is 6.93. The molecule has 0 spiro atoms. The van der Waals surface area contributed by atoms with Crippen LogP contribution in [0.4, 0.5) is 5.69 Å². The van der Waals surface area contributed by atoms with Crippen LogP contribution in [0.15, 0.2) is 48.5 Å². The van der Waals surface area contributed by atoms with Crippen molar-refractivity contribution in [2.24, 2.45) is 0 Å². The van der Waals surface area contributed by atoms with Gasteiger partial charge in [0.25, 0.3) is 5.91 Å². The van der Waals surface area contributed by atoms with Gasteiger partial charge in [-0.1, -0.05) is 36.4 Å². The van der Waals surface area contributed by atoms with Gasteiger partial charge in [0.2, 0.25) is 0 Å². The number of carbonyl (C=O) groups excluding carboxylic acids is 1. The second-order valence-corrected chi connectivity index (χ2v) is 5.13. The zero-order valence-corrected chi connectivity index (χ0v) is 12.8. The minimum atomic E-state index is -0.0534. The lowest BCUT2D eigenvalue weighted by atomic mass is 10.0. The Kier molecular flexibility index (Phi) is 4.99. The SMILES string of the molecule is CCNc1ccccc1C(=O)NC(C)c1ccccc1C. The average Bonchev–Trinajstić information content (AvgIpc) is 2.48. The van der Waals surface area contributed by atoms with Gasteiger partial charge in [-0.05, 0) is 44.0 Å². The highest BCUT2D eigenvalue weighted by molar-refractivity contribution is 5.99. The molecule has 3 nitrogen and oxygen atoms in total. The topological polar surface area (TPSA) is 41.1 Å². The molecule has 0 saturated heterocycles. The lowest BCUT2D eigenvalue weighted by molar-refractivity contribution is 0.0940. The third-order valence-corrected chi connectivity index (χ3v) is 3.54. The van der Waals surface area contributed by atoms with E-state index in [-0.39, 0.29) is 11.9 Å². The molecule has 2 N–H and O–H groups in total. The van der Waals surface area contributed by atoms with Crippen molar-refractivity contribution in [2.75, 3.05) is 11.9 Å². The summed E-state index contributed by atoms with van der Waals surface area (Å²) in [5.41, 5.74) is 3.88. The third-order valence-electron chi connectivity index (χ3n) is 3.54. The number of para-hydroxylation sites is 1. The largest absolute Gasteiger partial charge is 0.385 e. The molecule has 2 aromatic carbocycles. The van der Waals surface area contributed by atoms with E-state index in [9.17, 15) is 4.79 Å². The van der Waals surface area contributed by atoms with E-state index in [0.29, 0.717) is 5.56 Å². The predicted octanol–water partition coefficient (Wildman–Crippen LogP) is 3.92. The molecule has 1 atom stereocenters. The zero-order valence-electron chi connectivity index (χ0n) is 12.8. The maximum atomic E-state index is 12.5.